The van der Waals surface area contributed by atoms with Crippen LogP contribution < -0.4 is 5.56 Å². The molecule has 0 unspecified atom stereocenters. The summed E-state index contributed by atoms with van der Waals surface area (Å²) >= 11 is 7.13. The summed E-state index contributed by atoms with van der Waals surface area (Å²) in [7, 11) is 0. The lowest BCUT2D eigenvalue weighted by atomic mass is 10.0. The first-order valence-electron chi connectivity index (χ1n) is 8.54. The number of Topliss-reactive ketones (excluding diaryl/α,β-unsaturated/α-hetero) is 1. The molecule has 27 heavy (non-hydrogen) atoms. The van der Waals surface area contributed by atoms with Crippen LogP contribution in [0.1, 0.15) is 27.2 Å². The molecule has 142 valence electrons. The van der Waals surface area contributed by atoms with Crippen molar-refractivity contribution in [2.75, 3.05) is 5.75 Å². The van der Waals surface area contributed by atoms with Gasteiger partial charge in [0.25, 0.3) is 5.56 Å². The molecule has 2 aromatic rings. The van der Waals surface area contributed by atoms with E-state index in [9.17, 15) is 9.59 Å². The van der Waals surface area contributed by atoms with E-state index < -0.39 is 5.92 Å². The summed E-state index contributed by atoms with van der Waals surface area (Å²) < 4.78 is 1.58. The Hall–Kier alpha value is -2.17. The number of fused-ring (bicyclic) bond motifs is 1. The Morgan fingerprint density at radius 2 is 2.15 bits per heavy atom. The summed E-state index contributed by atoms with van der Waals surface area (Å²) in [5.74, 6) is -1.07. The molecule has 0 aliphatic heterocycles. The normalized spacial score (nSPS) is 12.1. The third-order valence-electron chi connectivity index (χ3n) is 4.04. The zero-order chi connectivity index (χ0) is 20.1. The van der Waals surface area contributed by atoms with Crippen LogP contribution in [0.2, 0.25) is 5.02 Å². The molecule has 1 atom stereocenters. The van der Waals surface area contributed by atoms with E-state index in [1.54, 1.807) is 22.8 Å². The van der Waals surface area contributed by atoms with E-state index in [-0.39, 0.29) is 22.8 Å². The fourth-order valence-electron chi connectivity index (χ4n) is 2.50. The van der Waals surface area contributed by atoms with Crippen LogP contribution in [0.3, 0.4) is 0 Å². The molecule has 0 saturated carbocycles. The summed E-state index contributed by atoms with van der Waals surface area (Å²) in [5.41, 5.74) is 0.314. The molecule has 1 N–H and O–H groups in total. The van der Waals surface area contributed by atoms with Crippen molar-refractivity contribution in [3.8, 4) is 6.07 Å². The second kappa shape index (κ2) is 9.16. The van der Waals surface area contributed by atoms with E-state index in [1.807, 2.05) is 6.07 Å². The fraction of sp³-hybridized carbons (Fsp3) is 0.421. The van der Waals surface area contributed by atoms with Crippen molar-refractivity contribution < 1.29 is 4.79 Å². The molecule has 0 saturated heterocycles. The van der Waals surface area contributed by atoms with Gasteiger partial charge in [-0.25, -0.2) is 4.98 Å². The third-order valence-corrected chi connectivity index (χ3v) is 5.27. The van der Waals surface area contributed by atoms with E-state index in [1.165, 1.54) is 6.92 Å². The summed E-state index contributed by atoms with van der Waals surface area (Å²) in [5, 5.41) is 18.0. The first-order valence-corrected chi connectivity index (χ1v) is 9.91. The Kier molecular flexibility index (Phi) is 7.17. The van der Waals surface area contributed by atoms with Crippen molar-refractivity contribution in [1.29, 1.82) is 10.7 Å². The lowest BCUT2D eigenvalue weighted by Crippen LogP contribution is -2.26. The molecule has 0 fully saturated rings. The summed E-state index contributed by atoms with van der Waals surface area (Å²) in [6.45, 7) is 6.06. The fourth-order valence-corrected chi connectivity index (χ4v) is 3.60. The van der Waals surface area contributed by atoms with Crippen LogP contribution in [0, 0.1) is 28.6 Å². The van der Waals surface area contributed by atoms with Gasteiger partial charge in [-0.15, -0.1) is 0 Å². The molecule has 1 aromatic heterocycles. The number of carbonyl (C=O) groups is 1. The van der Waals surface area contributed by atoms with Gasteiger partial charge in [-0.3, -0.25) is 14.2 Å². The molecule has 1 heterocycles. The number of nitrogens with one attached hydrogen (secondary N) is 1. The second-order valence-electron chi connectivity index (χ2n) is 6.70. The maximum Gasteiger partial charge on any atom is 0.262 e. The molecule has 0 aliphatic rings. The highest BCUT2D eigenvalue weighted by Crippen LogP contribution is 2.22. The quantitative estimate of drug-likeness (QED) is 0.408. The molecule has 0 radical (unpaired) electrons. The van der Waals surface area contributed by atoms with Crippen LogP contribution in [-0.2, 0) is 11.3 Å². The number of aromatic nitrogens is 2. The summed E-state index contributed by atoms with van der Waals surface area (Å²) in [6.07, 6.45) is 0.794. The first-order chi connectivity index (χ1) is 12.7. The highest BCUT2D eigenvalue weighted by atomic mass is 35.5. The second-order valence-corrected chi connectivity index (χ2v) is 8.07. The maximum atomic E-state index is 12.9. The predicted molar refractivity (Wildman–Crippen MR) is 109 cm³/mol. The lowest BCUT2D eigenvalue weighted by molar-refractivity contribution is -0.117. The molecule has 2 rings (SSSR count). The highest BCUT2D eigenvalue weighted by Gasteiger charge is 2.21. The van der Waals surface area contributed by atoms with Crippen LogP contribution in [-0.4, -0.2) is 26.8 Å². The Morgan fingerprint density at radius 3 is 2.74 bits per heavy atom. The predicted octanol–water partition coefficient (Wildman–Crippen LogP) is 3.94. The molecule has 0 bridgehead atoms. The van der Waals surface area contributed by atoms with Crippen molar-refractivity contribution >= 4 is 45.8 Å². The molecule has 0 amide bonds. The Bertz CT molecular complexity index is 978. The van der Waals surface area contributed by atoms with Crippen LogP contribution in [0.5, 0.6) is 0 Å². The average Bonchev–Trinajstić information content (AvgIpc) is 2.59. The largest absolute Gasteiger partial charge is 0.308 e. The molecular formula is C19H21ClN4O2S. The van der Waals surface area contributed by atoms with Crippen LogP contribution >= 0.6 is 23.4 Å². The van der Waals surface area contributed by atoms with E-state index >= 15 is 0 Å². The lowest BCUT2D eigenvalue weighted by Gasteiger charge is -2.14. The van der Waals surface area contributed by atoms with Crippen LogP contribution in [0.25, 0.3) is 10.9 Å². The number of benzene rings is 1. The number of nitrogens with zero attached hydrogens (tertiary/aromatic N) is 3. The monoisotopic (exact) mass is 404 g/mol. The van der Waals surface area contributed by atoms with Crippen molar-refractivity contribution in [1.82, 2.24) is 9.55 Å². The number of hydrogen-bond acceptors (Lipinski definition) is 6. The van der Waals surface area contributed by atoms with E-state index in [0.29, 0.717) is 33.5 Å². The standard InChI is InChI=1S/C19H21ClN4O2S/c1-11(2)6-7-24-18(26)14-5-4-13(20)8-16(14)23-19(24)27-10-17(25)15(9-21)12(3)22/h4-5,8,11,15,22H,6-7,10H2,1-3H3/t15-/m1/s1. The minimum absolute atomic E-state index is 0.0125. The number of hydrogen-bond donors (Lipinski definition) is 1. The number of nitriles is 1. The zero-order valence-electron chi connectivity index (χ0n) is 15.5. The van der Waals surface area contributed by atoms with E-state index in [4.69, 9.17) is 22.3 Å². The maximum absolute atomic E-state index is 12.9. The molecule has 0 spiro atoms. The van der Waals surface area contributed by atoms with Gasteiger partial charge in [0.1, 0.15) is 5.92 Å². The SMILES string of the molecule is CC(=N)[C@@H](C#N)C(=O)CSc1nc2cc(Cl)ccc2c(=O)n1CCC(C)C. The van der Waals surface area contributed by atoms with E-state index in [0.717, 1.165) is 18.2 Å². The smallest absolute Gasteiger partial charge is 0.262 e. The highest BCUT2D eigenvalue weighted by molar-refractivity contribution is 7.99. The van der Waals surface area contributed by atoms with Crippen molar-refractivity contribution in [2.24, 2.45) is 11.8 Å². The molecular weight excluding hydrogens is 384 g/mol. The van der Waals surface area contributed by atoms with Crippen LogP contribution in [0.4, 0.5) is 0 Å². The van der Waals surface area contributed by atoms with Crippen molar-refractivity contribution in [3.63, 3.8) is 0 Å². The molecule has 1 aromatic carbocycles. The van der Waals surface area contributed by atoms with Gasteiger partial charge >= 0.3 is 0 Å². The Labute approximate surface area is 167 Å². The van der Waals surface area contributed by atoms with Gasteiger partial charge in [0.05, 0.1) is 22.7 Å². The number of ketones is 1. The van der Waals surface area contributed by atoms with Gasteiger partial charge in [-0.2, -0.15) is 5.26 Å². The average molecular weight is 405 g/mol. The van der Waals surface area contributed by atoms with Crippen LogP contribution in [0.15, 0.2) is 28.2 Å². The minimum Gasteiger partial charge on any atom is -0.308 e. The van der Waals surface area contributed by atoms with Gasteiger partial charge in [0.15, 0.2) is 10.9 Å². The van der Waals surface area contributed by atoms with Gasteiger partial charge in [-0.1, -0.05) is 37.2 Å². The number of halogens is 1. The zero-order valence-corrected chi connectivity index (χ0v) is 17.0. The third kappa shape index (κ3) is 5.18. The first kappa shape index (κ1) is 21.1. The minimum atomic E-state index is -1.07. The van der Waals surface area contributed by atoms with Gasteiger partial charge in [0, 0.05) is 17.3 Å². The topological polar surface area (TPSA) is 99.6 Å². The summed E-state index contributed by atoms with van der Waals surface area (Å²) in [6, 6.07) is 6.78. The van der Waals surface area contributed by atoms with Gasteiger partial charge in [-0.05, 0) is 37.5 Å². The Morgan fingerprint density at radius 1 is 1.44 bits per heavy atom. The van der Waals surface area contributed by atoms with E-state index in [2.05, 4.69) is 18.8 Å². The summed E-state index contributed by atoms with van der Waals surface area (Å²) in [4.78, 5) is 29.7. The Balaban J connectivity index is 2.41. The number of thioether (sulfide) groups is 1. The number of carbonyl (C=O) groups excluding carboxylic acids is 1. The number of rotatable bonds is 8. The molecule has 8 heteroatoms. The molecule has 6 nitrogen and oxygen atoms in total. The van der Waals surface area contributed by atoms with Crippen molar-refractivity contribution in [3.05, 3.63) is 33.6 Å². The van der Waals surface area contributed by atoms with Gasteiger partial charge < -0.3 is 5.41 Å². The van der Waals surface area contributed by atoms with Crippen molar-refractivity contribution in [2.45, 2.75) is 38.9 Å². The molecule has 0 aliphatic carbocycles. The van der Waals surface area contributed by atoms with Gasteiger partial charge in [0.2, 0.25) is 0 Å².